The molecule has 0 aliphatic heterocycles. The van der Waals surface area contributed by atoms with E-state index < -0.39 is 21.7 Å². The summed E-state index contributed by atoms with van der Waals surface area (Å²) >= 11 is 1.97. The van der Waals surface area contributed by atoms with Crippen molar-refractivity contribution in [3.63, 3.8) is 0 Å². The van der Waals surface area contributed by atoms with E-state index in [1.165, 1.54) is 16.8 Å². The van der Waals surface area contributed by atoms with Gasteiger partial charge in [-0.3, -0.25) is 4.72 Å². The molecule has 0 aromatic carbocycles. The average Bonchev–Trinajstić information content (AvgIpc) is 2.95. The zero-order valence-corrected chi connectivity index (χ0v) is 13.0. The molecule has 2 N–H and O–H groups in total. The number of carboxylic acid groups (broad SMARTS) is 1. The Bertz CT molecular complexity index is 748. The van der Waals surface area contributed by atoms with Gasteiger partial charge in [-0.2, -0.15) is 0 Å². The van der Waals surface area contributed by atoms with Crippen molar-refractivity contribution in [3.8, 4) is 0 Å². The monoisotopic (exact) mass is 333 g/mol. The maximum atomic E-state index is 12.2. The van der Waals surface area contributed by atoms with Crippen molar-refractivity contribution in [2.75, 3.05) is 4.72 Å². The number of carbonyl (C=O) groups is 1. The number of hydrogen-bond donors (Lipinski definition) is 2. The van der Waals surface area contributed by atoms with Crippen molar-refractivity contribution >= 4 is 43.8 Å². The summed E-state index contributed by atoms with van der Waals surface area (Å²) in [7, 11) is -3.98. The van der Waals surface area contributed by atoms with Crippen LogP contribution in [-0.2, 0) is 16.4 Å². The van der Waals surface area contributed by atoms with Gasteiger partial charge in [-0.1, -0.05) is 6.92 Å². The fourth-order valence-corrected chi connectivity index (χ4v) is 4.81. The summed E-state index contributed by atoms with van der Waals surface area (Å²) in [4.78, 5) is 19.6. The smallest absolute Gasteiger partial charge is 0.356 e. The van der Waals surface area contributed by atoms with Gasteiger partial charge in [0.2, 0.25) is 0 Å². The number of aromatic nitrogens is 2. The molecule has 0 aliphatic carbocycles. The van der Waals surface area contributed by atoms with Crippen LogP contribution in [0.1, 0.15) is 28.0 Å². The van der Waals surface area contributed by atoms with Crippen LogP contribution in [-0.4, -0.2) is 29.5 Å². The first kappa shape index (κ1) is 14.9. The molecule has 10 heteroatoms. The van der Waals surface area contributed by atoms with Crippen LogP contribution in [0.5, 0.6) is 0 Å². The minimum atomic E-state index is -3.98. The third kappa shape index (κ3) is 2.81. The number of anilines is 1. The van der Waals surface area contributed by atoms with Crippen molar-refractivity contribution in [3.05, 3.63) is 21.8 Å². The second-order valence-electron chi connectivity index (χ2n) is 3.77. The molecule has 2 rings (SSSR count). The van der Waals surface area contributed by atoms with Crippen LogP contribution in [0.4, 0.5) is 5.13 Å². The first-order valence-electron chi connectivity index (χ1n) is 5.51. The van der Waals surface area contributed by atoms with Crippen molar-refractivity contribution in [1.29, 1.82) is 0 Å². The van der Waals surface area contributed by atoms with E-state index in [0.717, 1.165) is 21.9 Å². The number of aryl methyl sites for hydroxylation is 2. The molecule has 2 heterocycles. The average molecular weight is 333 g/mol. The molecule has 20 heavy (non-hydrogen) atoms. The van der Waals surface area contributed by atoms with Gasteiger partial charge in [0.15, 0.2) is 15.0 Å². The van der Waals surface area contributed by atoms with E-state index in [-0.39, 0.29) is 9.34 Å². The Morgan fingerprint density at radius 3 is 2.75 bits per heavy atom. The van der Waals surface area contributed by atoms with E-state index >= 15 is 0 Å². The summed E-state index contributed by atoms with van der Waals surface area (Å²) in [6.07, 6.45) is 0.699. The predicted octanol–water partition coefficient (Wildman–Crippen LogP) is 1.97. The molecule has 0 amide bonds. The number of aromatic carboxylic acids is 1. The van der Waals surface area contributed by atoms with Crippen molar-refractivity contribution in [2.24, 2.45) is 0 Å². The van der Waals surface area contributed by atoms with Gasteiger partial charge in [-0.25, -0.2) is 23.2 Å². The Kier molecular flexibility index (Phi) is 4.06. The zero-order chi connectivity index (χ0) is 14.9. The molecule has 0 spiro atoms. The Labute approximate surface area is 123 Å². The number of hydrogen-bond acceptors (Lipinski definition) is 7. The quantitative estimate of drug-likeness (QED) is 0.866. The van der Waals surface area contributed by atoms with E-state index in [1.54, 1.807) is 0 Å². The minimum Gasteiger partial charge on any atom is -0.476 e. The van der Waals surface area contributed by atoms with Crippen LogP contribution in [0, 0.1) is 6.92 Å². The zero-order valence-electron chi connectivity index (χ0n) is 10.6. The Hall–Kier alpha value is -1.52. The van der Waals surface area contributed by atoms with Gasteiger partial charge in [-0.15, -0.1) is 22.7 Å². The van der Waals surface area contributed by atoms with E-state index in [0.29, 0.717) is 6.42 Å². The maximum absolute atomic E-state index is 12.2. The SMILES string of the molecule is CCc1nc(NS(=O)(=O)c2scnc2C(=O)O)sc1C. The van der Waals surface area contributed by atoms with E-state index in [2.05, 4.69) is 14.7 Å². The molecule has 0 bridgehead atoms. The third-order valence-electron chi connectivity index (χ3n) is 2.43. The van der Waals surface area contributed by atoms with Crippen molar-refractivity contribution in [2.45, 2.75) is 24.5 Å². The van der Waals surface area contributed by atoms with Gasteiger partial charge in [0.1, 0.15) is 0 Å². The lowest BCUT2D eigenvalue weighted by Crippen LogP contribution is -2.15. The van der Waals surface area contributed by atoms with E-state index in [9.17, 15) is 13.2 Å². The normalized spacial score (nSPS) is 11.5. The molecule has 0 unspecified atom stereocenters. The van der Waals surface area contributed by atoms with Gasteiger partial charge in [0.25, 0.3) is 10.0 Å². The van der Waals surface area contributed by atoms with Crippen LogP contribution in [0.15, 0.2) is 9.72 Å². The molecule has 0 atom stereocenters. The maximum Gasteiger partial charge on any atom is 0.356 e. The predicted molar refractivity (Wildman–Crippen MR) is 76.1 cm³/mol. The highest BCUT2D eigenvalue weighted by molar-refractivity contribution is 7.94. The lowest BCUT2D eigenvalue weighted by molar-refractivity contribution is 0.0687. The lowest BCUT2D eigenvalue weighted by Gasteiger charge is -2.02. The number of nitrogens with zero attached hydrogens (tertiary/aromatic N) is 2. The van der Waals surface area contributed by atoms with Gasteiger partial charge < -0.3 is 5.11 Å². The van der Waals surface area contributed by atoms with Crippen LogP contribution in [0.3, 0.4) is 0 Å². The van der Waals surface area contributed by atoms with Crippen molar-refractivity contribution in [1.82, 2.24) is 9.97 Å². The number of thiazole rings is 2. The molecule has 0 radical (unpaired) electrons. The molecule has 0 saturated heterocycles. The highest BCUT2D eigenvalue weighted by Gasteiger charge is 2.26. The molecule has 2 aromatic rings. The Balaban J connectivity index is 2.35. The topological polar surface area (TPSA) is 109 Å². The fraction of sp³-hybridized carbons (Fsp3) is 0.300. The highest BCUT2D eigenvalue weighted by Crippen LogP contribution is 2.27. The largest absolute Gasteiger partial charge is 0.476 e. The summed E-state index contributed by atoms with van der Waals surface area (Å²) in [5.41, 5.74) is 1.52. The number of carboxylic acids is 1. The Morgan fingerprint density at radius 2 is 2.20 bits per heavy atom. The lowest BCUT2D eigenvalue weighted by atomic mass is 10.3. The summed E-state index contributed by atoms with van der Waals surface area (Å²) in [6.45, 7) is 3.77. The van der Waals surface area contributed by atoms with Crippen LogP contribution in [0.25, 0.3) is 0 Å². The van der Waals surface area contributed by atoms with E-state index in [4.69, 9.17) is 5.11 Å². The minimum absolute atomic E-state index is 0.226. The summed E-state index contributed by atoms with van der Waals surface area (Å²) in [5.74, 6) is -1.38. The highest BCUT2D eigenvalue weighted by atomic mass is 32.2. The summed E-state index contributed by atoms with van der Waals surface area (Å²) in [6, 6.07) is 0. The van der Waals surface area contributed by atoms with Gasteiger partial charge in [0.05, 0.1) is 11.2 Å². The van der Waals surface area contributed by atoms with Crippen LogP contribution >= 0.6 is 22.7 Å². The first-order valence-corrected chi connectivity index (χ1v) is 8.69. The summed E-state index contributed by atoms with van der Waals surface area (Å²) < 4.78 is 26.3. The van der Waals surface area contributed by atoms with Crippen LogP contribution in [0.2, 0.25) is 0 Å². The number of rotatable bonds is 5. The molecule has 7 nitrogen and oxygen atoms in total. The first-order chi connectivity index (χ1) is 9.35. The third-order valence-corrected chi connectivity index (χ3v) is 6.20. The molecule has 0 fully saturated rings. The summed E-state index contributed by atoms with van der Waals surface area (Å²) in [5, 5.41) is 9.14. The second-order valence-corrected chi connectivity index (χ2v) is 7.71. The van der Waals surface area contributed by atoms with Gasteiger partial charge >= 0.3 is 5.97 Å². The fourth-order valence-electron chi connectivity index (χ4n) is 1.53. The Morgan fingerprint density at radius 1 is 1.50 bits per heavy atom. The second kappa shape index (κ2) is 5.46. The standard InChI is InChI=1S/C10H11N3O4S3/c1-3-6-5(2)19-10(12-6)13-20(16,17)9-7(8(14)15)11-4-18-9/h4H,3H2,1-2H3,(H,12,13)(H,14,15). The molecule has 0 saturated carbocycles. The van der Waals surface area contributed by atoms with E-state index in [1.807, 2.05) is 13.8 Å². The molecular formula is C10H11N3O4S3. The molecular weight excluding hydrogens is 322 g/mol. The molecule has 0 aliphatic rings. The van der Waals surface area contributed by atoms with Gasteiger partial charge in [0, 0.05) is 4.88 Å². The number of sulfonamides is 1. The van der Waals surface area contributed by atoms with Gasteiger partial charge in [-0.05, 0) is 13.3 Å². The van der Waals surface area contributed by atoms with Crippen molar-refractivity contribution < 1.29 is 18.3 Å². The molecule has 108 valence electrons. The molecule has 2 aromatic heterocycles. The number of nitrogens with one attached hydrogen (secondary N) is 1. The van der Waals surface area contributed by atoms with Crippen LogP contribution < -0.4 is 4.72 Å².